The lowest BCUT2D eigenvalue weighted by Crippen LogP contribution is -2.05. The van der Waals surface area contributed by atoms with Gasteiger partial charge in [0.1, 0.15) is 0 Å². The van der Waals surface area contributed by atoms with Gasteiger partial charge in [-0.2, -0.15) is 13.2 Å². The van der Waals surface area contributed by atoms with Gasteiger partial charge in [-0.3, -0.25) is 0 Å². The zero-order valence-electron chi connectivity index (χ0n) is 10.3. The third-order valence-corrected chi connectivity index (χ3v) is 2.75. The Hall–Kier alpha value is -1.45. The van der Waals surface area contributed by atoms with Gasteiger partial charge in [0.15, 0.2) is 0 Å². The molecule has 0 aliphatic rings. The van der Waals surface area contributed by atoms with Gasteiger partial charge in [0, 0.05) is 16.4 Å². The van der Waals surface area contributed by atoms with Crippen LogP contribution in [0.15, 0.2) is 52.8 Å². The quantitative estimate of drug-likeness (QED) is 0.566. The lowest BCUT2D eigenvalue weighted by Gasteiger charge is -2.09. The molecule has 0 saturated heterocycles. The van der Waals surface area contributed by atoms with Gasteiger partial charge in [0.25, 0.3) is 0 Å². The van der Waals surface area contributed by atoms with E-state index in [1.54, 1.807) is 12.1 Å². The number of halogens is 4. The fourth-order valence-corrected chi connectivity index (χ4v) is 1.72. The highest BCUT2D eigenvalue weighted by Crippen LogP contribution is 2.33. The Labute approximate surface area is 118 Å². The number of hydrogen-bond donors (Lipinski definition) is 1. The molecule has 0 unspecified atom stereocenters. The van der Waals surface area contributed by atoms with Gasteiger partial charge in [0.05, 0.1) is 5.56 Å². The van der Waals surface area contributed by atoms with Crippen LogP contribution in [0.3, 0.4) is 0 Å². The Balaban J connectivity index is 2.88. The van der Waals surface area contributed by atoms with Gasteiger partial charge in [-0.15, -0.1) is 5.73 Å². The summed E-state index contributed by atoms with van der Waals surface area (Å²) in [4.78, 5) is 0. The number of alkyl halides is 3. The van der Waals surface area contributed by atoms with Crippen LogP contribution in [-0.4, -0.2) is 0 Å². The van der Waals surface area contributed by atoms with E-state index in [4.69, 9.17) is 0 Å². The van der Waals surface area contributed by atoms with Crippen molar-refractivity contribution in [1.82, 2.24) is 0 Å². The van der Waals surface area contributed by atoms with Crippen molar-refractivity contribution in [2.45, 2.75) is 19.5 Å². The molecule has 19 heavy (non-hydrogen) atoms. The van der Waals surface area contributed by atoms with Crippen molar-refractivity contribution in [2.24, 2.45) is 0 Å². The van der Waals surface area contributed by atoms with Gasteiger partial charge >= 0.3 is 6.18 Å². The average Bonchev–Trinajstić information content (AvgIpc) is 2.32. The molecule has 0 spiro atoms. The molecule has 0 fully saturated rings. The second-order valence-corrected chi connectivity index (χ2v) is 4.75. The minimum atomic E-state index is -4.36. The maximum absolute atomic E-state index is 12.6. The van der Waals surface area contributed by atoms with Crippen LogP contribution in [0.2, 0.25) is 0 Å². The SMILES string of the molecule is C=C(C=C=CNc1cc(Br)cc(C(F)(F)F)c1)CC. The lowest BCUT2D eigenvalue weighted by molar-refractivity contribution is -0.137. The first-order chi connectivity index (χ1) is 8.82. The van der Waals surface area contributed by atoms with Crippen molar-refractivity contribution >= 4 is 21.6 Å². The summed E-state index contributed by atoms with van der Waals surface area (Å²) < 4.78 is 38.1. The van der Waals surface area contributed by atoms with Crippen LogP contribution >= 0.6 is 15.9 Å². The molecule has 1 rings (SSSR count). The number of anilines is 1. The van der Waals surface area contributed by atoms with Gasteiger partial charge in [-0.05, 0) is 36.3 Å². The van der Waals surface area contributed by atoms with Gasteiger partial charge in [-0.1, -0.05) is 29.4 Å². The van der Waals surface area contributed by atoms with E-state index in [-0.39, 0.29) is 0 Å². The molecule has 1 N–H and O–H groups in total. The minimum Gasteiger partial charge on any atom is -0.355 e. The molecule has 5 heteroatoms. The van der Waals surface area contributed by atoms with Gasteiger partial charge in [-0.25, -0.2) is 0 Å². The minimum absolute atomic E-state index is 0.338. The zero-order valence-corrected chi connectivity index (χ0v) is 11.9. The molecule has 102 valence electrons. The summed E-state index contributed by atoms with van der Waals surface area (Å²) in [5, 5.41) is 2.74. The van der Waals surface area contributed by atoms with E-state index in [2.05, 4.69) is 33.6 Å². The summed E-state index contributed by atoms with van der Waals surface area (Å²) in [5.74, 6) is 0. The van der Waals surface area contributed by atoms with E-state index in [9.17, 15) is 13.2 Å². The van der Waals surface area contributed by atoms with Crippen molar-refractivity contribution in [3.8, 4) is 0 Å². The second kappa shape index (κ2) is 6.64. The predicted octanol–water partition coefficient (Wildman–Crippen LogP) is 5.51. The van der Waals surface area contributed by atoms with Crippen LogP contribution in [0.1, 0.15) is 18.9 Å². The number of rotatable bonds is 4. The highest BCUT2D eigenvalue weighted by atomic mass is 79.9. The number of nitrogens with one attached hydrogen (secondary N) is 1. The predicted molar refractivity (Wildman–Crippen MR) is 74.9 cm³/mol. The van der Waals surface area contributed by atoms with Gasteiger partial charge < -0.3 is 5.32 Å². The molecule has 0 atom stereocenters. The van der Waals surface area contributed by atoms with E-state index in [0.29, 0.717) is 10.2 Å². The normalized spacial score (nSPS) is 10.6. The average molecular weight is 332 g/mol. The third-order valence-electron chi connectivity index (χ3n) is 2.29. The maximum atomic E-state index is 12.6. The summed E-state index contributed by atoms with van der Waals surface area (Å²) in [5.41, 5.74) is 3.33. The lowest BCUT2D eigenvalue weighted by atomic mass is 10.2. The molecular formula is C14H13BrF3N. The Morgan fingerprint density at radius 3 is 2.68 bits per heavy atom. The number of allylic oxidation sites excluding steroid dienone is 2. The molecule has 1 nitrogen and oxygen atoms in total. The largest absolute Gasteiger partial charge is 0.416 e. The summed E-state index contributed by atoms with van der Waals surface area (Å²) >= 11 is 3.05. The fourth-order valence-electron chi connectivity index (χ4n) is 1.22. The van der Waals surface area contributed by atoms with Crippen LogP contribution in [0.4, 0.5) is 18.9 Å². The smallest absolute Gasteiger partial charge is 0.355 e. The second-order valence-electron chi connectivity index (χ2n) is 3.84. The number of hydrogen-bond acceptors (Lipinski definition) is 1. The van der Waals surface area contributed by atoms with E-state index < -0.39 is 11.7 Å². The van der Waals surface area contributed by atoms with Crippen LogP contribution in [-0.2, 0) is 6.18 Å². The third kappa shape index (κ3) is 5.37. The molecule has 0 aliphatic carbocycles. The molecule has 0 radical (unpaired) electrons. The molecule has 0 heterocycles. The topological polar surface area (TPSA) is 12.0 Å². The van der Waals surface area contributed by atoms with E-state index in [0.717, 1.165) is 24.1 Å². The highest BCUT2D eigenvalue weighted by molar-refractivity contribution is 9.10. The molecule has 0 bridgehead atoms. The molecule has 1 aromatic rings. The van der Waals surface area contributed by atoms with Crippen molar-refractivity contribution in [3.05, 3.63) is 58.4 Å². The summed E-state index contributed by atoms with van der Waals surface area (Å²) in [6, 6.07) is 3.63. The molecule has 0 aromatic heterocycles. The molecule has 0 aliphatic heterocycles. The first-order valence-electron chi connectivity index (χ1n) is 5.56. The van der Waals surface area contributed by atoms with E-state index in [1.165, 1.54) is 6.20 Å². The Bertz CT molecular complexity index is 526. The van der Waals surface area contributed by atoms with Crippen molar-refractivity contribution in [2.75, 3.05) is 5.32 Å². The Morgan fingerprint density at radius 1 is 1.42 bits per heavy atom. The van der Waals surface area contributed by atoms with Crippen LogP contribution in [0.25, 0.3) is 0 Å². The highest BCUT2D eigenvalue weighted by Gasteiger charge is 2.30. The Kier molecular flexibility index (Phi) is 5.45. The standard InChI is InChI=1S/C14H13BrF3N/c1-3-10(2)5-4-6-19-13-8-11(14(16,17)18)7-12(15)9-13/h5-9,19H,2-3H2,1H3. The summed E-state index contributed by atoms with van der Waals surface area (Å²) in [7, 11) is 0. The molecule has 1 aromatic carbocycles. The molecular weight excluding hydrogens is 319 g/mol. The Morgan fingerprint density at radius 2 is 2.11 bits per heavy atom. The summed E-state index contributed by atoms with van der Waals surface area (Å²) in [6.45, 7) is 5.71. The summed E-state index contributed by atoms with van der Waals surface area (Å²) in [6.07, 6.45) is -0.440. The van der Waals surface area contributed by atoms with Crippen LogP contribution < -0.4 is 5.32 Å². The maximum Gasteiger partial charge on any atom is 0.416 e. The molecule has 0 saturated carbocycles. The zero-order chi connectivity index (χ0) is 14.5. The van der Waals surface area contributed by atoms with Crippen LogP contribution in [0.5, 0.6) is 0 Å². The first-order valence-corrected chi connectivity index (χ1v) is 6.35. The monoisotopic (exact) mass is 331 g/mol. The van der Waals surface area contributed by atoms with Crippen LogP contribution in [0, 0.1) is 0 Å². The fraction of sp³-hybridized carbons (Fsp3) is 0.214. The van der Waals surface area contributed by atoms with Crippen molar-refractivity contribution < 1.29 is 13.2 Å². The first kappa shape index (κ1) is 15.6. The van der Waals surface area contributed by atoms with Crippen molar-refractivity contribution in [1.29, 1.82) is 0 Å². The van der Waals surface area contributed by atoms with Crippen molar-refractivity contribution in [3.63, 3.8) is 0 Å². The van der Waals surface area contributed by atoms with Gasteiger partial charge in [0.2, 0.25) is 0 Å². The van der Waals surface area contributed by atoms with E-state index >= 15 is 0 Å². The van der Waals surface area contributed by atoms with E-state index in [1.807, 2.05) is 6.92 Å². The molecule has 0 amide bonds. The number of benzene rings is 1.